The van der Waals surface area contributed by atoms with Crippen molar-refractivity contribution < 1.29 is 22.8 Å². The lowest BCUT2D eigenvalue weighted by Gasteiger charge is -2.24. The first-order valence-electron chi connectivity index (χ1n) is 8.23. The average molecular weight is 408 g/mol. The molecule has 142 valence electrons. The molecule has 0 bridgehead atoms. The number of hydrogen-bond acceptors (Lipinski definition) is 8. The van der Waals surface area contributed by atoms with Crippen molar-refractivity contribution in [3.8, 4) is 0 Å². The summed E-state index contributed by atoms with van der Waals surface area (Å²) in [5.41, 5.74) is 1.30. The number of aryl methyl sites for hydroxylation is 1. The van der Waals surface area contributed by atoms with E-state index in [0.717, 1.165) is 30.1 Å². The minimum Gasteiger partial charge on any atom is -0.481 e. The number of rotatable bonds is 5. The van der Waals surface area contributed by atoms with Crippen molar-refractivity contribution in [3.05, 3.63) is 24.3 Å². The standard InChI is InChI=1S/C16H16N4O5S2/c1-27(23,24)10-4-5-17-15-12(10)14(26-16-18-8-19-25-16)13-9(7-11(21)22)3-2-6-20(13)15/h4-5,8-9H,2-3,6-7H2,1H3,(H,21,22). The van der Waals surface area contributed by atoms with E-state index in [1.807, 2.05) is 4.57 Å². The Morgan fingerprint density at radius 3 is 2.93 bits per heavy atom. The summed E-state index contributed by atoms with van der Waals surface area (Å²) in [6, 6.07) is 1.47. The van der Waals surface area contributed by atoms with Crippen LogP contribution in [0.25, 0.3) is 11.0 Å². The molecule has 9 nitrogen and oxygen atoms in total. The van der Waals surface area contributed by atoms with E-state index < -0.39 is 15.8 Å². The van der Waals surface area contributed by atoms with Crippen LogP contribution in [0.3, 0.4) is 0 Å². The summed E-state index contributed by atoms with van der Waals surface area (Å²) in [6.45, 7) is 0.645. The molecule has 3 aromatic rings. The van der Waals surface area contributed by atoms with Crippen molar-refractivity contribution in [2.75, 3.05) is 6.26 Å². The highest BCUT2D eigenvalue weighted by molar-refractivity contribution is 7.99. The van der Waals surface area contributed by atoms with Crippen LogP contribution in [0.15, 0.2) is 38.1 Å². The lowest BCUT2D eigenvalue weighted by atomic mass is 9.93. The van der Waals surface area contributed by atoms with Crippen LogP contribution in [0.4, 0.5) is 0 Å². The maximum Gasteiger partial charge on any atom is 0.304 e. The third kappa shape index (κ3) is 3.21. The number of sulfone groups is 1. The zero-order valence-electron chi connectivity index (χ0n) is 14.3. The van der Waals surface area contributed by atoms with E-state index in [0.29, 0.717) is 28.9 Å². The topological polar surface area (TPSA) is 128 Å². The maximum absolute atomic E-state index is 12.4. The minimum absolute atomic E-state index is 0.0398. The number of carboxylic acid groups (broad SMARTS) is 1. The molecule has 1 aliphatic rings. The van der Waals surface area contributed by atoms with E-state index in [4.69, 9.17) is 4.52 Å². The fraction of sp³-hybridized carbons (Fsp3) is 0.375. The molecule has 11 heteroatoms. The zero-order valence-corrected chi connectivity index (χ0v) is 16.0. The summed E-state index contributed by atoms with van der Waals surface area (Å²) < 4.78 is 31.8. The number of hydrogen-bond donors (Lipinski definition) is 1. The van der Waals surface area contributed by atoms with Gasteiger partial charge in [-0.1, -0.05) is 5.16 Å². The van der Waals surface area contributed by atoms with Crippen LogP contribution < -0.4 is 0 Å². The van der Waals surface area contributed by atoms with Crippen LogP contribution in [-0.2, 0) is 21.2 Å². The molecule has 0 spiro atoms. The predicted molar refractivity (Wildman–Crippen MR) is 95.5 cm³/mol. The monoisotopic (exact) mass is 408 g/mol. The molecule has 27 heavy (non-hydrogen) atoms. The highest BCUT2D eigenvalue weighted by Crippen LogP contribution is 2.46. The number of aliphatic carboxylic acids is 1. The van der Waals surface area contributed by atoms with Gasteiger partial charge < -0.3 is 14.2 Å². The Morgan fingerprint density at radius 1 is 1.44 bits per heavy atom. The Labute approximate surface area is 158 Å². The van der Waals surface area contributed by atoms with Crippen molar-refractivity contribution in [2.24, 2.45) is 0 Å². The minimum atomic E-state index is -3.52. The van der Waals surface area contributed by atoms with E-state index in [9.17, 15) is 18.3 Å². The molecule has 4 rings (SSSR count). The van der Waals surface area contributed by atoms with Crippen LogP contribution in [-0.4, -0.2) is 45.4 Å². The second kappa shape index (κ2) is 6.64. The molecule has 0 aliphatic carbocycles. The highest BCUT2D eigenvalue weighted by atomic mass is 32.2. The molecule has 0 fully saturated rings. The molecule has 4 heterocycles. The number of nitrogens with zero attached hydrogens (tertiary/aromatic N) is 4. The Hall–Kier alpha value is -2.40. The molecule has 1 atom stereocenters. The van der Waals surface area contributed by atoms with Gasteiger partial charge in [0.25, 0.3) is 5.22 Å². The van der Waals surface area contributed by atoms with Gasteiger partial charge in [0, 0.05) is 35.5 Å². The van der Waals surface area contributed by atoms with Gasteiger partial charge in [-0.15, -0.1) is 0 Å². The van der Waals surface area contributed by atoms with Gasteiger partial charge in [-0.05, 0) is 30.7 Å². The summed E-state index contributed by atoms with van der Waals surface area (Å²) in [6.07, 6.45) is 5.33. The second-order valence-corrected chi connectivity index (χ2v) is 9.34. The van der Waals surface area contributed by atoms with Gasteiger partial charge in [0.05, 0.1) is 16.7 Å². The SMILES string of the molecule is CS(=O)(=O)c1ccnc2c1c(Sc1ncno1)c1n2CCCC1CC(=O)O. The van der Waals surface area contributed by atoms with Crippen LogP contribution in [0.5, 0.6) is 0 Å². The summed E-state index contributed by atoms with van der Waals surface area (Å²) >= 11 is 1.15. The molecular formula is C16H16N4O5S2. The first-order valence-corrected chi connectivity index (χ1v) is 10.9. The van der Waals surface area contributed by atoms with Gasteiger partial charge in [0.2, 0.25) is 0 Å². The largest absolute Gasteiger partial charge is 0.481 e. The van der Waals surface area contributed by atoms with E-state index >= 15 is 0 Å². The fourth-order valence-corrected chi connectivity index (χ4v) is 5.57. The first-order chi connectivity index (χ1) is 12.9. The normalized spacial score (nSPS) is 17.1. The van der Waals surface area contributed by atoms with Crippen molar-refractivity contribution in [3.63, 3.8) is 0 Å². The second-order valence-electron chi connectivity index (χ2n) is 6.39. The number of pyridine rings is 1. The third-order valence-corrected chi connectivity index (χ3v) is 6.68. The van der Waals surface area contributed by atoms with E-state index in [1.54, 1.807) is 0 Å². The smallest absolute Gasteiger partial charge is 0.304 e. The van der Waals surface area contributed by atoms with Crippen LogP contribution >= 0.6 is 11.8 Å². The van der Waals surface area contributed by atoms with Gasteiger partial charge in [0.15, 0.2) is 16.2 Å². The molecule has 0 saturated heterocycles. The number of carboxylic acids is 1. The highest BCUT2D eigenvalue weighted by Gasteiger charge is 2.33. The fourth-order valence-electron chi connectivity index (χ4n) is 3.60. The Bertz CT molecular complexity index is 1120. The molecule has 1 N–H and O–H groups in total. The lowest BCUT2D eigenvalue weighted by molar-refractivity contribution is -0.137. The van der Waals surface area contributed by atoms with E-state index in [2.05, 4.69) is 15.1 Å². The summed E-state index contributed by atoms with van der Waals surface area (Å²) in [5, 5.41) is 13.7. The first kappa shape index (κ1) is 18.0. The third-order valence-electron chi connectivity index (χ3n) is 4.57. The summed E-state index contributed by atoms with van der Waals surface area (Å²) in [5.74, 6) is -1.15. The van der Waals surface area contributed by atoms with Crippen LogP contribution in [0.1, 0.15) is 30.9 Å². The molecular weight excluding hydrogens is 392 g/mol. The number of fused-ring (bicyclic) bond motifs is 3. The van der Waals surface area contributed by atoms with Gasteiger partial charge >= 0.3 is 5.97 Å². The zero-order chi connectivity index (χ0) is 19.2. The van der Waals surface area contributed by atoms with Gasteiger partial charge in [-0.3, -0.25) is 4.79 Å². The molecule has 3 aromatic heterocycles. The summed E-state index contributed by atoms with van der Waals surface area (Å²) in [7, 11) is -3.52. The molecule has 1 unspecified atom stereocenters. The number of carbonyl (C=O) groups is 1. The quantitative estimate of drug-likeness (QED) is 0.676. The van der Waals surface area contributed by atoms with Gasteiger partial charge in [-0.25, -0.2) is 13.4 Å². The molecule has 0 saturated carbocycles. The number of aromatic nitrogens is 4. The van der Waals surface area contributed by atoms with E-state index in [1.165, 1.54) is 18.6 Å². The van der Waals surface area contributed by atoms with E-state index in [-0.39, 0.29) is 22.5 Å². The molecule has 0 amide bonds. The molecule has 0 radical (unpaired) electrons. The van der Waals surface area contributed by atoms with Crippen LogP contribution in [0, 0.1) is 0 Å². The van der Waals surface area contributed by atoms with Crippen molar-refractivity contribution in [1.82, 2.24) is 19.7 Å². The van der Waals surface area contributed by atoms with Crippen molar-refractivity contribution in [2.45, 2.75) is 46.7 Å². The van der Waals surface area contributed by atoms with Crippen molar-refractivity contribution >= 4 is 38.6 Å². The Kier molecular flexibility index (Phi) is 4.42. The average Bonchev–Trinajstić information content (AvgIpc) is 3.21. The van der Waals surface area contributed by atoms with Crippen molar-refractivity contribution in [1.29, 1.82) is 0 Å². The maximum atomic E-state index is 12.4. The summed E-state index contributed by atoms with van der Waals surface area (Å²) in [4.78, 5) is 20.6. The van der Waals surface area contributed by atoms with Crippen LogP contribution in [0.2, 0.25) is 0 Å². The Balaban J connectivity index is 2.04. The lowest BCUT2D eigenvalue weighted by Crippen LogP contribution is -2.18. The molecule has 1 aliphatic heterocycles. The Morgan fingerprint density at radius 2 is 2.26 bits per heavy atom. The predicted octanol–water partition coefficient (Wildman–Crippen LogP) is 2.33. The molecule has 0 aromatic carbocycles. The van der Waals surface area contributed by atoms with Gasteiger partial charge in [-0.2, -0.15) is 4.98 Å². The van der Waals surface area contributed by atoms with Gasteiger partial charge in [0.1, 0.15) is 5.65 Å².